The number of hydrogen-bond acceptors (Lipinski definition) is 7. The third-order valence-corrected chi connectivity index (χ3v) is 6.44. The smallest absolute Gasteiger partial charge is 0.247 e. The number of nitrogens with zero attached hydrogens (tertiary/aromatic N) is 5. The molecule has 9 nitrogen and oxygen atoms in total. The zero-order chi connectivity index (χ0) is 21.6. The molecule has 4 heterocycles. The Morgan fingerprint density at radius 3 is 3.00 bits per heavy atom. The summed E-state index contributed by atoms with van der Waals surface area (Å²) >= 11 is 0. The highest BCUT2D eigenvalue weighted by atomic mass is 16.2. The number of carbonyl (C=O) groups is 1. The van der Waals surface area contributed by atoms with Crippen molar-refractivity contribution in [1.29, 1.82) is 0 Å². The minimum Gasteiger partial charge on any atom is -0.358 e. The van der Waals surface area contributed by atoms with Crippen LogP contribution in [0.15, 0.2) is 29.4 Å². The van der Waals surface area contributed by atoms with Crippen molar-refractivity contribution in [3.63, 3.8) is 0 Å². The van der Waals surface area contributed by atoms with E-state index in [-0.39, 0.29) is 5.91 Å². The average Bonchev–Trinajstić information content (AvgIpc) is 3.15. The normalized spacial score (nSPS) is 21.6. The molecule has 3 aliphatic rings. The standard InChI is InChI=1S/C22H28N8O/c1-22(2)16-7-6-14(11-17(16)26-20(22)31)25-21-27-19-12-18(24-9-10-30(19)28-21)29(3)15-5-4-8-23-13-15/h6-7,9-11,15,23H,4-5,8,12-13H2,1-3H3,(H,25,28)(H,26,31). The summed E-state index contributed by atoms with van der Waals surface area (Å²) in [7, 11) is 2.11. The number of amides is 1. The van der Waals surface area contributed by atoms with E-state index >= 15 is 0 Å². The van der Waals surface area contributed by atoms with Crippen LogP contribution in [0.25, 0.3) is 6.20 Å². The lowest BCUT2D eigenvalue weighted by molar-refractivity contribution is -0.119. The number of fused-ring (bicyclic) bond motifs is 2. The molecule has 3 aliphatic heterocycles. The molecule has 162 valence electrons. The van der Waals surface area contributed by atoms with Crippen molar-refractivity contribution in [3.05, 3.63) is 35.8 Å². The van der Waals surface area contributed by atoms with Crippen LogP contribution < -0.4 is 16.0 Å². The lowest BCUT2D eigenvalue weighted by Crippen LogP contribution is -2.47. The minimum absolute atomic E-state index is 0.0146. The SMILES string of the molecule is CN(C1=NC=Cn2nc(Nc3ccc4c(c3)NC(=O)C4(C)C)nc2C1)C1CCCNC1. The predicted octanol–water partition coefficient (Wildman–Crippen LogP) is 2.32. The highest BCUT2D eigenvalue weighted by Crippen LogP contribution is 2.38. The van der Waals surface area contributed by atoms with E-state index in [4.69, 9.17) is 4.98 Å². The number of piperidine rings is 1. The van der Waals surface area contributed by atoms with Gasteiger partial charge in [-0.15, -0.1) is 5.10 Å². The number of hydrogen-bond donors (Lipinski definition) is 3. The molecule has 9 heteroatoms. The first kappa shape index (κ1) is 19.7. The van der Waals surface area contributed by atoms with E-state index in [1.807, 2.05) is 38.2 Å². The Bertz CT molecular complexity index is 1080. The Kier molecular flexibility index (Phi) is 4.77. The van der Waals surface area contributed by atoms with Crippen LogP contribution in [0.3, 0.4) is 0 Å². The molecule has 0 bridgehead atoms. The molecular weight excluding hydrogens is 392 g/mol. The highest BCUT2D eigenvalue weighted by Gasteiger charge is 2.38. The Morgan fingerprint density at radius 1 is 1.32 bits per heavy atom. The summed E-state index contributed by atoms with van der Waals surface area (Å²) in [5.41, 5.74) is 2.15. The molecule has 0 radical (unpaired) electrons. The fourth-order valence-corrected chi connectivity index (χ4v) is 4.41. The molecule has 1 aromatic carbocycles. The first-order chi connectivity index (χ1) is 14.9. The second kappa shape index (κ2) is 7.49. The second-order valence-corrected chi connectivity index (χ2v) is 8.89. The van der Waals surface area contributed by atoms with Crippen LogP contribution in [-0.4, -0.2) is 57.6 Å². The van der Waals surface area contributed by atoms with E-state index in [1.165, 1.54) is 6.42 Å². The van der Waals surface area contributed by atoms with Gasteiger partial charge >= 0.3 is 0 Å². The van der Waals surface area contributed by atoms with Crippen LogP contribution in [0.5, 0.6) is 0 Å². The van der Waals surface area contributed by atoms with Crippen molar-refractivity contribution < 1.29 is 4.79 Å². The molecule has 1 atom stereocenters. The zero-order valence-electron chi connectivity index (χ0n) is 18.1. The molecule has 1 fully saturated rings. The topological polar surface area (TPSA) is 99.5 Å². The molecule has 1 amide bonds. The van der Waals surface area contributed by atoms with Crippen molar-refractivity contribution in [3.8, 4) is 0 Å². The number of anilines is 3. The quantitative estimate of drug-likeness (QED) is 0.705. The van der Waals surface area contributed by atoms with Gasteiger partial charge in [-0.25, -0.2) is 9.67 Å². The number of aromatic nitrogens is 3. The fraction of sp³-hybridized carbons (Fsp3) is 0.455. The molecule has 1 aromatic heterocycles. The molecule has 0 aliphatic carbocycles. The van der Waals surface area contributed by atoms with Gasteiger partial charge in [-0.2, -0.15) is 4.98 Å². The molecule has 5 rings (SSSR count). The van der Waals surface area contributed by atoms with Crippen LogP contribution >= 0.6 is 0 Å². The van der Waals surface area contributed by atoms with Gasteiger partial charge in [0.05, 0.1) is 11.8 Å². The Morgan fingerprint density at radius 2 is 2.19 bits per heavy atom. The summed E-state index contributed by atoms with van der Waals surface area (Å²) in [5.74, 6) is 2.36. The maximum Gasteiger partial charge on any atom is 0.247 e. The molecule has 31 heavy (non-hydrogen) atoms. The van der Waals surface area contributed by atoms with E-state index in [9.17, 15) is 4.79 Å². The fourth-order valence-electron chi connectivity index (χ4n) is 4.41. The van der Waals surface area contributed by atoms with Crippen LogP contribution in [-0.2, 0) is 16.6 Å². The number of amidine groups is 1. The second-order valence-electron chi connectivity index (χ2n) is 8.89. The first-order valence-corrected chi connectivity index (χ1v) is 10.8. The zero-order valence-corrected chi connectivity index (χ0v) is 18.1. The molecule has 0 spiro atoms. The van der Waals surface area contributed by atoms with Crippen LogP contribution in [0.4, 0.5) is 17.3 Å². The van der Waals surface area contributed by atoms with Gasteiger partial charge in [0.25, 0.3) is 0 Å². The van der Waals surface area contributed by atoms with Gasteiger partial charge in [0.2, 0.25) is 11.9 Å². The summed E-state index contributed by atoms with van der Waals surface area (Å²) < 4.78 is 1.77. The maximum absolute atomic E-state index is 12.2. The largest absolute Gasteiger partial charge is 0.358 e. The molecule has 1 unspecified atom stereocenters. The highest BCUT2D eigenvalue weighted by molar-refractivity contribution is 6.06. The molecule has 2 aromatic rings. The number of carbonyl (C=O) groups excluding carboxylic acids is 1. The average molecular weight is 421 g/mol. The van der Waals surface area contributed by atoms with Crippen molar-refractivity contribution in [2.24, 2.45) is 4.99 Å². The van der Waals surface area contributed by atoms with Gasteiger partial charge < -0.3 is 20.9 Å². The molecule has 1 saturated heterocycles. The number of likely N-dealkylation sites (N-methyl/N-ethyl adjacent to an activating group) is 1. The predicted molar refractivity (Wildman–Crippen MR) is 122 cm³/mol. The number of aliphatic imine (C=N–C) groups is 1. The summed E-state index contributed by atoms with van der Waals surface area (Å²) in [4.78, 5) is 23.8. The molecule has 0 saturated carbocycles. The van der Waals surface area contributed by atoms with Gasteiger partial charge in [0.1, 0.15) is 11.7 Å². The maximum atomic E-state index is 12.2. The number of benzene rings is 1. The van der Waals surface area contributed by atoms with Gasteiger partial charge in [0.15, 0.2) is 0 Å². The van der Waals surface area contributed by atoms with Crippen LogP contribution in [0, 0.1) is 0 Å². The van der Waals surface area contributed by atoms with E-state index in [2.05, 4.69) is 38.0 Å². The van der Waals surface area contributed by atoms with Gasteiger partial charge in [-0.1, -0.05) is 6.07 Å². The summed E-state index contributed by atoms with van der Waals surface area (Å²) in [5, 5.41) is 14.3. The Labute approximate surface area is 181 Å². The molecule has 3 N–H and O–H groups in total. The van der Waals surface area contributed by atoms with Crippen LogP contribution in [0.1, 0.15) is 38.1 Å². The van der Waals surface area contributed by atoms with E-state index in [1.54, 1.807) is 10.9 Å². The van der Waals surface area contributed by atoms with E-state index in [0.29, 0.717) is 18.4 Å². The van der Waals surface area contributed by atoms with Crippen LogP contribution in [0.2, 0.25) is 0 Å². The van der Waals surface area contributed by atoms with Crippen molar-refractivity contribution >= 4 is 35.3 Å². The van der Waals surface area contributed by atoms with Gasteiger partial charge in [-0.3, -0.25) is 4.79 Å². The Hall–Kier alpha value is -3.20. The Balaban J connectivity index is 1.33. The monoisotopic (exact) mass is 420 g/mol. The van der Waals surface area contributed by atoms with Gasteiger partial charge in [0, 0.05) is 43.4 Å². The van der Waals surface area contributed by atoms with E-state index < -0.39 is 5.41 Å². The lowest BCUT2D eigenvalue weighted by atomic mass is 9.86. The number of rotatable bonds is 3. The van der Waals surface area contributed by atoms with E-state index in [0.717, 1.165) is 48.1 Å². The van der Waals surface area contributed by atoms with Crippen molar-refractivity contribution in [1.82, 2.24) is 25.0 Å². The first-order valence-electron chi connectivity index (χ1n) is 10.8. The third kappa shape index (κ3) is 3.59. The third-order valence-electron chi connectivity index (χ3n) is 6.44. The lowest BCUT2D eigenvalue weighted by Gasteiger charge is -2.33. The summed E-state index contributed by atoms with van der Waals surface area (Å²) in [6.07, 6.45) is 6.57. The van der Waals surface area contributed by atoms with Crippen molar-refractivity contribution in [2.45, 2.75) is 44.6 Å². The molecular formula is C22H28N8O. The number of nitrogens with one attached hydrogen (secondary N) is 3. The van der Waals surface area contributed by atoms with Gasteiger partial charge in [-0.05, 0) is 50.9 Å². The van der Waals surface area contributed by atoms with Crippen molar-refractivity contribution in [2.75, 3.05) is 30.8 Å². The summed E-state index contributed by atoms with van der Waals surface area (Å²) in [6.45, 7) is 5.93. The minimum atomic E-state index is -0.516. The summed E-state index contributed by atoms with van der Waals surface area (Å²) in [6, 6.07) is 6.31.